The lowest BCUT2D eigenvalue weighted by Crippen LogP contribution is -2.37. The quantitative estimate of drug-likeness (QED) is 0.0779. The Labute approximate surface area is 357 Å². The number of allylic oxidation sites excluding steroid dienone is 2. The second kappa shape index (κ2) is 16.8. The van der Waals surface area contributed by atoms with Gasteiger partial charge in [-0.1, -0.05) is 12.2 Å². The van der Waals surface area contributed by atoms with Crippen molar-refractivity contribution in [3.05, 3.63) is 82.5 Å². The SMILES string of the molecule is CCn1nc(C)cc1C(=O)Nc1nc2cc(C(N)=O)cc3c2n1C(C/C=C/C[C@H]1CN(CCCOC)c2cc(C(N)=O)cc4nc(NC(=O)c5cc(C)nn5CC)n1c24)CN3C. The molecular weight excluding hydrogens is 793 g/mol. The molecule has 0 radical (unpaired) electrons. The molecule has 8 rings (SSSR count). The Kier molecular flexibility index (Phi) is 11.3. The maximum atomic E-state index is 13.8. The van der Waals surface area contributed by atoms with Crippen LogP contribution in [0.2, 0.25) is 0 Å². The van der Waals surface area contributed by atoms with Gasteiger partial charge in [-0.25, -0.2) is 9.97 Å². The molecule has 0 spiro atoms. The first-order chi connectivity index (χ1) is 29.8. The summed E-state index contributed by atoms with van der Waals surface area (Å²) in [5.74, 6) is -1.12. The fraction of sp³-hybridized carbons (Fsp3) is 0.395. The Morgan fingerprint density at radius 2 is 1.23 bits per heavy atom. The Hall–Kier alpha value is -7.02. The topological polar surface area (TPSA) is 231 Å². The minimum Gasteiger partial charge on any atom is -0.385 e. The summed E-state index contributed by atoms with van der Waals surface area (Å²) >= 11 is 0. The number of likely N-dealkylation sites (N-methyl/N-ethyl adjacent to an activating group) is 1. The maximum absolute atomic E-state index is 13.8. The number of aromatic nitrogens is 8. The van der Waals surface area contributed by atoms with Crippen LogP contribution in [-0.2, 0) is 17.8 Å². The highest BCUT2D eigenvalue weighted by molar-refractivity contribution is 6.07. The number of amides is 4. The third-order valence-corrected chi connectivity index (χ3v) is 11.6. The summed E-state index contributed by atoms with van der Waals surface area (Å²) in [6.07, 6.45) is 6.16. The van der Waals surface area contributed by atoms with E-state index in [0.717, 1.165) is 40.2 Å². The molecule has 6 aromatic rings. The lowest BCUT2D eigenvalue weighted by atomic mass is 10.0. The second-order valence-corrected chi connectivity index (χ2v) is 15.9. The summed E-state index contributed by atoms with van der Waals surface area (Å²) in [7, 11) is 3.63. The van der Waals surface area contributed by atoms with Crippen LogP contribution in [0.3, 0.4) is 0 Å². The van der Waals surface area contributed by atoms with E-state index in [0.29, 0.717) is 97.6 Å². The summed E-state index contributed by atoms with van der Waals surface area (Å²) in [6, 6.07) is 10.0. The van der Waals surface area contributed by atoms with E-state index in [9.17, 15) is 19.2 Å². The Balaban J connectivity index is 1.14. The molecule has 1 unspecified atom stereocenters. The molecule has 4 amide bonds. The Bertz CT molecular complexity index is 2770. The molecule has 2 aliphatic heterocycles. The predicted molar refractivity (Wildman–Crippen MR) is 236 cm³/mol. The molecule has 4 aromatic heterocycles. The maximum Gasteiger partial charge on any atom is 0.276 e. The number of nitrogens with one attached hydrogen (secondary N) is 2. The van der Waals surface area contributed by atoms with Crippen LogP contribution in [0.1, 0.15) is 98.3 Å². The molecule has 0 bridgehead atoms. The van der Waals surface area contributed by atoms with Crippen molar-refractivity contribution in [1.29, 1.82) is 0 Å². The van der Waals surface area contributed by atoms with E-state index in [2.05, 4.69) is 47.3 Å². The summed E-state index contributed by atoms with van der Waals surface area (Å²) in [4.78, 5) is 66.6. The van der Waals surface area contributed by atoms with E-state index in [1.54, 1.807) is 52.9 Å². The molecule has 0 aliphatic carbocycles. The first-order valence-electron chi connectivity index (χ1n) is 20.8. The van der Waals surface area contributed by atoms with Gasteiger partial charge in [0.1, 0.15) is 11.4 Å². The highest BCUT2D eigenvalue weighted by Gasteiger charge is 2.33. The molecule has 19 nitrogen and oxygen atoms in total. The molecule has 0 saturated heterocycles. The van der Waals surface area contributed by atoms with Gasteiger partial charge in [0.15, 0.2) is 0 Å². The largest absolute Gasteiger partial charge is 0.385 e. The van der Waals surface area contributed by atoms with Gasteiger partial charge >= 0.3 is 0 Å². The van der Waals surface area contributed by atoms with Crippen molar-refractivity contribution in [2.75, 3.05) is 60.8 Å². The Morgan fingerprint density at radius 1 is 0.742 bits per heavy atom. The van der Waals surface area contributed by atoms with E-state index < -0.39 is 11.8 Å². The fourth-order valence-electron chi connectivity index (χ4n) is 8.80. The van der Waals surface area contributed by atoms with Crippen LogP contribution in [-0.4, -0.2) is 103 Å². The number of methoxy groups -OCH3 is 1. The number of rotatable bonds is 16. The van der Waals surface area contributed by atoms with Gasteiger partial charge in [-0.3, -0.25) is 39.2 Å². The van der Waals surface area contributed by atoms with Crippen LogP contribution in [0, 0.1) is 13.8 Å². The molecular formula is C43H52N14O5. The van der Waals surface area contributed by atoms with Gasteiger partial charge in [-0.05, 0) is 83.4 Å². The van der Waals surface area contributed by atoms with E-state index in [1.807, 2.05) is 39.3 Å². The van der Waals surface area contributed by atoms with Crippen molar-refractivity contribution in [2.24, 2.45) is 11.5 Å². The van der Waals surface area contributed by atoms with Gasteiger partial charge < -0.3 is 35.1 Å². The number of ether oxygens (including phenoxy) is 1. The highest BCUT2D eigenvalue weighted by Crippen LogP contribution is 2.42. The zero-order chi connectivity index (χ0) is 44.0. The van der Waals surface area contributed by atoms with Crippen molar-refractivity contribution in [1.82, 2.24) is 38.7 Å². The summed E-state index contributed by atoms with van der Waals surface area (Å²) in [5, 5.41) is 15.0. The molecule has 2 atom stereocenters. The number of imidazole rings is 2. The van der Waals surface area contributed by atoms with Crippen molar-refractivity contribution in [3.8, 4) is 0 Å². The number of carbonyl (C=O) groups excluding carboxylic acids is 4. The molecule has 6 N–H and O–H groups in total. The molecule has 324 valence electrons. The average molecular weight is 845 g/mol. The minimum atomic E-state index is -0.572. The number of benzene rings is 2. The van der Waals surface area contributed by atoms with E-state index in [-0.39, 0.29) is 23.9 Å². The van der Waals surface area contributed by atoms with Crippen LogP contribution in [0.25, 0.3) is 22.1 Å². The number of nitrogens with two attached hydrogens (primary N) is 2. The highest BCUT2D eigenvalue weighted by atomic mass is 16.5. The first-order valence-corrected chi connectivity index (χ1v) is 20.8. The third-order valence-electron chi connectivity index (χ3n) is 11.6. The first kappa shape index (κ1) is 41.7. The molecule has 6 heterocycles. The van der Waals surface area contributed by atoms with Crippen LogP contribution in [0.15, 0.2) is 48.6 Å². The molecule has 2 aliphatic rings. The standard InChI is InChI=1S/C43H52N14O5/c1-7-54-34(16-24(3)50-54)40(60)48-42-46-30-18-26(38(44)58)20-32-36(30)56(42)28(22-52(32)5)12-9-10-13-29-23-53(14-11-15-62-6)33-21-27(39(45)59)19-31-37(33)57(29)43(47-31)49-41(61)35-17-25(4)51-55(35)8-2/h9-10,16-21,28-29H,7-8,11-15,22-23H2,1-6H3,(H2,44,58)(H2,45,59)(H,46,48,60)(H,47,49,61)/b10-9+/t28?,29-/m0/s1. The third kappa shape index (κ3) is 7.63. The zero-order valence-corrected chi connectivity index (χ0v) is 35.8. The summed E-state index contributed by atoms with van der Waals surface area (Å²) in [5.41, 5.74) is 18.7. The fourth-order valence-corrected chi connectivity index (χ4v) is 8.80. The normalized spacial score (nSPS) is 15.9. The van der Waals surface area contributed by atoms with Crippen molar-refractivity contribution >= 4 is 69.0 Å². The van der Waals surface area contributed by atoms with Crippen molar-refractivity contribution in [2.45, 2.75) is 72.1 Å². The lowest BCUT2D eigenvalue weighted by molar-refractivity contribution is 0.0992. The minimum absolute atomic E-state index is 0.159. The average Bonchev–Trinajstić information content (AvgIpc) is 4.02. The number of carbonyl (C=O) groups is 4. The van der Waals surface area contributed by atoms with E-state index in [4.69, 9.17) is 26.2 Å². The van der Waals surface area contributed by atoms with Crippen molar-refractivity contribution in [3.63, 3.8) is 0 Å². The molecule has 0 saturated carbocycles. The predicted octanol–water partition coefficient (Wildman–Crippen LogP) is 4.56. The number of hydrogen-bond acceptors (Lipinski definition) is 11. The van der Waals surface area contributed by atoms with Crippen molar-refractivity contribution < 1.29 is 23.9 Å². The zero-order valence-electron chi connectivity index (χ0n) is 35.8. The number of nitrogens with zero attached hydrogens (tertiary/aromatic N) is 10. The van der Waals surface area contributed by atoms with Gasteiger partial charge in [0.2, 0.25) is 23.7 Å². The number of aryl methyl sites for hydroxylation is 4. The number of primary amides is 2. The lowest BCUT2D eigenvalue weighted by Gasteiger charge is -2.36. The molecule has 19 heteroatoms. The van der Waals surface area contributed by atoms with Gasteiger partial charge in [-0.15, -0.1) is 0 Å². The number of anilines is 4. The smallest absolute Gasteiger partial charge is 0.276 e. The van der Waals surface area contributed by atoms with E-state index in [1.165, 1.54) is 0 Å². The molecule has 62 heavy (non-hydrogen) atoms. The summed E-state index contributed by atoms with van der Waals surface area (Å²) in [6.45, 7) is 10.9. The van der Waals surface area contributed by atoms with Crippen LogP contribution < -0.4 is 31.9 Å². The second-order valence-electron chi connectivity index (χ2n) is 15.9. The van der Waals surface area contributed by atoms with Gasteiger partial charge in [0.25, 0.3) is 11.8 Å². The van der Waals surface area contributed by atoms with Crippen LogP contribution in [0.4, 0.5) is 23.3 Å². The molecule has 2 aromatic carbocycles. The summed E-state index contributed by atoms with van der Waals surface area (Å²) < 4.78 is 12.8. The van der Waals surface area contributed by atoms with Gasteiger partial charge in [0.05, 0.1) is 56.9 Å². The van der Waals surface area contributed by atoms with Crippen LogP contribution >= 0.6 is 0 Å². The van der Waals surface area contributed by atoms with Gasteiger partial charge in [-0.2, -0.15) is 10.2 Å². The van der Waals surface area contributed by atoms with E-state index >= 15 is 0 Å². The van der Waals surface area contributed by atoms with Gasteiger partial charge in [0, 0.05) is 64.6 Å². The monoisotopic (exact) mass is 844 g/mol. The Morgan fingerprint density at radius 3 is 1.71 bits per heavy atom. The number of hydrogen-bond donors (Lipinski definition) is 4. The van der Waals surface area contributed by atoms with Crippen LogP contribution in [0.5, 0.6) is 0 Å². The molecule has 0 fully saturated rings.